The van der Waals surface area contributed by atoms with Gasteiger partial charge >= 0.3 is 11.9 Å². The molecule has 4 aliphatic rings. The number of aliphatic hydroxyl groups is 2. The van der Waals surface area contributed by atoms with Gasteiger partial charge in [-0.2, -0.15) is 0 Å². The lowest BCUT2D eigenvalue weighted by Gasteiger charge is -2.59. The van der Waals surface area contributed by atoms with Gasteiger partial charge in [-0.05, 0) is 62.0 Å². The molecule has 1 amide bonds. The summed E-state index contributed by atoms with van der Waals surface area (Å²) >= 11 is 0. The summed E-state index contributed by atoms with van der Waals surface area (Å²) in [6, 6.07) is -1.06. The molecule has 9 atom stereocenters. The first kappa shape index (κ1) is 31.1. The molecular weight excluding hydrogens is 530 g/mol. The van der Waals surface area contributed by atoms with Gasteiger partial charge in [-0.15, -0.1) is 0 Å². The van der Waals surface area contributed by atoms with E-state index in [1.54, 1.807) is 19.1 Å². The minimum atomic E-state index is -1.78. The van der Waals surface area contributed by atoms with Crippen LogP contribution in [0.4, 0.5) is 0 Å². The summed E-state index contributed by atoms with van der Waals surface area (Å²) in [5.41, 5.74) is -2.12. The maximum Gasteiger partial charge on any atom is 0.326 e. The third-order valence-corrected chi connectivity index (χ3v) is 10.8. The number of hydrogen-bond donors (Lipinski definition) is 4. The highest BCUT2D eigenvalue weighted by atomic mass is 16.5. The number of carboxylic acid groups (broad SMARTS) is 1. The Morgan fingerprint density at radius 2 is 1.88 bits per heavy atom. The minimum absolute atomic E-state index is 0.0265. The van der Waals surface area contributed by atoms with E-state index >= 15 is 0 Å². The Bertz CT molecular complexity index is 1180. The second kappa shape index (κ2) is 11.4. The van der Waals surface area contributed by atoms with Gasteiger partial charge in [-0.1, -0.05) is 45.8 Å². The third kappa shape index (κ3) is 5.41. The van der Waals surface area contributed by atoms with Crippen LogP contribution in [0.5, 0.6) is 0 Å². The lowest BCUT2D eigenvalue weighted by Crippen LogP contribution is -2.61. The van der Waals surface area contributed by atoms with Crippen molar-refractivity contribution in [3.63, 3.8) is 0 Å². The lowest BCUT2D eigenvalue weighted by atomic mass is 9.46. The number of hydrogen-bond acceptors (Lipinski definition) is 8. The van der Waals surface area contributed by atoms with Gasteiger partial charge in [0, 0.05) is 23.2 Å². The van der Waals surface area contributed by atoms with Crippen LogP contribution in [0, 0.1) is 34.5 Å². The lowest BCUT2D eigenvalue weighted by molar-refractivity contribution is -0.181. The van der Waals surface area contributed by atoms with E-state index in [2.05, 4.69) is 12.2 Å². The number of amides is 1. The van der Waals surface area contributed by atoms with E-state index in [9.17, 15) is 39.3 Å². The Kier molecular flexibility index (Phi) is 8.67. The molecule has 10 nitrogen and oxygen atoms in total. The highest BCUT2D eigenvalue weighted by Crippen LogP contribution is 2.67. The maximum absolute atomic E-state index is 13.4. The molecule has 3 saturated carbocycles. The Hall–Kier alpha value is -2.85. The molecule has 0 unspecified atom stereocenters. The van der Waals surface area contributed by atoms with Gasteiger partial charge in [-0.3, -0.25) is 19.2 Å². The van der Waals surface area contributed by atoms with Crippen molar-refractivity contribution in [3.05, 3.63) is 23.8 Å². The van der Waals surface area contributed by atoms with Crippen LogP contribution in [0.1, 0.15) is 79.1 Å². The normalized spacial score (nSPS) is 37.1. The molecule has 0 aliphatic heterocycles. The van der Waals surface area contributed by atoms with Crippen LogP contribution in [-0.4, -0.2) is 69.1 Å². The Labute approximate surface area is 240 Å². The van der Waals surface area contributed by atoms with E-state index < -0.39 is 58.8 Å². The van der Waals surface area contributed by atoms with Crippen LogP contribution in [0.25, 0.3) is 0 Å². The number of fused-ring (bicyclic) bond motifs is 5. The molecule has 0 aromatic rings. The second-order valence-corrected chi connectivity index (χ2v) is 13.0. The zero-order valence-corrected chi connectivity index (χ0v) is 24.4. The minimum Gasteiger partial charge on any atom is -0.480 e. The predicted molar refractivity (Wildman–Crippen MR) is 147 cm³/mol. The van der Waals surface area contributed by atoms with Gasteiger partial charge in [0.25, 0.3) is 0 Å². The maximum atomic E-state index is 13.4. The standard InChI is InChI=1S/C31H43NO9/c1-5-17(2)27(28(38)39)32-24(36)8-9-25(37)41-16-23(35)31(40)13-11-21-20-7-6-18-14-19(33)10-12-29(18,3)26(20)22(34)15-30(21,31)4/h10,12,14,17,20-22,26-27,34,40H,5-9,11,13,15-16H2,1-4H3,(H,32,36)(H,38,39)/t17-,20-,21+,22-,26+,27-,29-,30-,31-/m0/s1. The number of ether oxygens (including phenoxy) is 1. The fourth-order valence-corrected chi connectivity index (χ4v) is 8.27. The van der Waals surface area contributed by atoms with Crippen LogP contribution in [0.3, 0.4) is 0 Å². The highest BCUT2D eigenvalue weighted by molar-refractivity contribution is 6.01. The van der Waals surface area contributed by atoms with Gasteiger partial charge in [-0.25, -0.2) is 4.79 Å². The van der Waals surface area contributed by atoms with Crippen LogP contribution in [0.15, 0.2) is 23.8 Å². The quantitative estimate of drug-likeness (QED) is 0.287. The summed E-state index contributed by atoms with van der Waals surface area (Å²) in [6.45, 7) is 6.78. The number of allylic oxidation sites excluding steroid dienone is 4. The van der Waals surface area contributed by atoms with Crippen LogP contribution in [-0.2, 0) is 28.7 Å². The first-order valence-electron chi connectivity index (χ1n) is 14.7. The Morgan fingerprint density at radius 3 is 2.54 bits per heavy atom. The molecule has 0 aromatic heterocycles. The summed E-state index contributed by atoms with van der Waals surface area (Å²) in [7, 11) is 0. The van der Waals surface area contributed by atoms with Crippen molar-refractivity contribution in [1.29, 1.82) is 0 Å². The summed E-state index contributed by atoms with van der Waals surface area (Å²) in [5.74, 6) is -3.61. The fourth-order valence-electron chi connectivity index (χ4n) is 8.27. The number of aliphatic hydroxyl groups excluding tert-OH is 1. The summed E-state index contributed by atoms with van der Waals surface area (Å²) < 4.78 is 5.15. The zero-order valence-electron chi connectivity index (χ0n) is 24.4. The van der Waals surface area contributed by atoms with Crippen LogP contribution < -0.4 is 5.32 Å². The molecule has 0 bridgehead atoms. The van der Waals surface area contributed by atoms with E-state index in [1.807, 2.05) is 19.9 Å². The molecule has 4 aliphatic carbocycles. The number of carbonyl (C=O) groups is 5. The van der Waals surface area contributed by atoms with Crippen LogP contribution >= 0.6 is 0 Å². The first-order chi connectivity index (χ1) is 19.2. The van der Waals surface area contributed by atoms with Crippen molar-refractivity contribution in [1.82, 2.24) is 5.32 Å². The van der Waals surface area contributed by atoms with Gasteiger partial charge in [0.2, 0.25) is 11.7 Å². The van der Waals surface area contributed by atoms with Crippen molar-refractivity contribution >= 4 is 29.4 Å². The smallest absolute Gasteiger partial charge is 0.326 e. The van der Waals surface area contributed by atoms with E-state index in [0.29, 0.717) is 12.8 Å². The van der Waals surface area contributed by atoms with Gasteiger partial charge in [0.05, 0.1) is 12.5 Å². The molecule has 4 rings (SSSR count). The molecule has 226 valence electrons. The van der Waals surface area contributed by atoms with E-state index in [0.717, 1.165) is 18.4 Å². The molecule has 41 heavy (non-hydrogen) atoms. The van der Waals surface area contributed by atoms with Crippen molar-refractivity contribution < 1.29 is 44.0 Å². The van der Waals surface area contributed by atoms with Crippen molar-refractivity contribution in [2.24, 2.45) is 34.5 Å². The van der Waals surface area contributed by atoms with Gasteiger partial charge < -0.3 is 25.4 Å². The number of aliphatic carboxylic acids is 1. The van der Waals surface area contributed by atoms with Crippen molar-refractivity contribution in [3.8, 4) is 0 Å². The zero-order chi connectivity index (χ0) is 30.3. The molecule has 0 aromatic carbocycles. The molecule has 0 heterocycles. The predicted octanol–water partition coefficient (Wildman–Crippen LogP) is 2.50. The Morgan fingerprint density at radius 1 is 1.17 bits per heavy atom. The number of rotatable bonds is 10. The first-order valence-corrected chi connectivity index (χ1v) is 14.7. The molecule has 0 spiro atoms. The average molecular weight is 574 g/mol. The topological polar surface area (TPSA) is 167 Å². The molecular formula is C31H43NO9. The van der Waals surface area contributed by atoms with Crippen molar-refractivity contribution in [2.75, 3.05) is 6.61 Å². The number of carboxylic acids is 1. The fraction of sp³-hybridized carbons (Fsp3) is 0.710. The summed E-state index contributed by atoms with van der Waals surface area (Å²) in [6.07, 6.45) is 6.76. The number of Topliss-reactive ketones (excluding diaryl/α,β-unsaturated/α-hetero) is 1. The number of esters is 1. The molecule has 0 saturated heterocycles. The number of carbonyl (C=O) groups excluding carboxylic acids is 4. The van der Waals surface area contributed by atoms with E-state index in [4.69, 9.17) is 4.74 Å². The number of ketones is 2. The second-order valence-electron chi connectivity index (χ2n) is 13.0. The monoisotopic (exact) mass is 573 g/mol. The molecule has 3 fully saturated rings. The summed E-state index contributed by atoms with van der Waals surface area (Å²) in [5, 5.41) is 35.0. The van der Waals surface area contributed by atoms with Gasteiger partial charge in [0.15, 0.2) is 12.4 Å². The SMILES string of the molecule is CC[C@H](C)[C@H](NC(=O)CCC(=O)OCC(=O)[C@@]1(O)CC[C@@H]2[C@@H]3CCC4=CC(=O)C=C[C@]4(C)[C@H]3[C@@H](O)C[C@@]21C)C(=O)O. The highest BCUT2D eigenvalue weighted by Gasteiger charge is 2.68. The Balaban J connectivity index is 1.37. The summed E-state index contributed by atoms with van der Waals surface area (Å²) in [4.78, 5) is 61.4. The van der Waals surface area contributed by atoms with Crippen molar-refractivity contribution in [2.45, 2.75) is 96.8 Å². The molecule has 4 N–H and O–H groups in total. The van der Waals surface area contributed by atoms with E-state index in [-0.39, 0.29) is 55.1 Å². The average Bonchev–Trinajstić information content (AvgIpc) is 3.19. The van der Waals surface area contributed by atoms with Crippen LogP contribution in [0.2, 0.25) is 0 Å². The largest absolute Gasteiger partial charge is 0.480 e. The number of nitrogens with one attached hydrogen (secondary N) is 1. The molecule has 10 heteroatoms. The van der Waals surface area contributed by atoms with E-state index in [1.165, 1.54) is 0 Å². The van der Waals surface area contributed by atoms with Gasteiger partial charge in [0.1, 0.15) is 11.6 Å². The molecule has 0 radical (unpaired) electrons. The third-order valence-electron chi connectivity index (χ3n) is 10.8.